The van der Waals surface area contributed by atoms with Gasteiger partial charge in [0.25, 0.3) is 0 Å². The van der Waals surface area contributed by atoms with Gasteiger partial charge in [-0.05, 0) is 27.2 Å². The van der Waals surface area contributed by atoms with Crippen molar-refractivity contribution in [2.75, 3.05) is 6.54 Å². The van der Waals surface area contributed by atoms with Crippen molar-refractivity contribution in [1.82, 2.24) is 10.3 Å². The minimum atomic E-state index is 0.101. The van der Waals surface area contributed by atoms with Crippen LogP contribution in [0, 0.1) is 0 Å². The molecule has 1 unspecified atom stereocenters. The molecule has 0 bridgehead atoms. The monoisotopic (exact) mass is 256 g/mol. The van der Waals surface area contributed by atoms with E-state index in [4.69, 9.17) is 16.3 Å². The lowest BCUT2D eigenvalue weighted by Gasteiger charge is -2.25. The molecule has 3 nitrogen and oxygen atoms in total. The average molecular weight is 257 g/mol. The molecule has 4 heteroatoms. The Bertz CT molecular complexity index is 350. The fourth-order valence-corrected chi connectivity index (χ4v) is 1.50. The van der Waals surface area contributed by atoms with Crippen LogP contribution in [0.5, 0.6) is 5.75 Å². The third-order valence-corrected chi connectivity index (χ3v) is 2.50. The molecular weight excluding hydrogens is 236 g/mol. The van der Waals surface area contributed by atoms with Crippen molar-refractivity contribution in [3.8, 4) is 5.75 Å². The van der Waals surface area contributed by atoms with Crippen LogP contribution in [0.4, 0.5) is 0 Å². The van der Waals surface area contributed by atoms with Gasteiger partial charge in [0.15, 0.2) is 0 Å². The van der Waals surface area contributed by atoms with Gasteiger partial charge < -0.3 is 10.1 Å². The highest BCUT2D eigenvalue weighted by Crippen LogP contribution is 2.17. The van der Waals surface area contributed by atoms with E-state index in [1.165, 1.54) is 0 Å². The molecule has 1 atom stereocenters. The van der Waals surface area contributed by atoms with Crippen LogP contribution in [0.25, 0.3) is 0 Å². The molecular formula is C13H21ClN2O. The molecule has 1 rings (SSSR count). The fraction of sp³-hybridized carbons (Fsp3) is 0.615. The summed E-state index contributed by atoms with van der Waals surface area (Å²) in [6.07, 6.45) is 4.36. The molecule has 0 aliphatic rings. The predicted molar refractivity (Wildman–Crippen MR) is 71.7 cm³/mol. The van der Waals surface area contributed by atoms with Gasteiger partial charge in [0.05, 0.1) is 11.2 Å². The molecule has 0 saturated heterocycles. The number of hydrogen-bond acceptors (Lipinski definition) is 3. The van der Waals surface area contributed by atoms with E-state index in [2.05, 4.69) is 38.0 Å². The lowest BCUT2D eigenvalue weighted by atomic mass is 10.1. The Hall–Kier alpha value is -0.800. The highest BCUT2D eigenvalue weighted by molar-refractivity contribution is 6.30. The first-order valence-corrected chi connectivity index (χ1v) is 6.31. The molecule has 17 heavy (non-hydrogen) atoms. The second-order valence-electron chi connectivity index (χ2n) is 5.12. The lowest BCUT2D eigenvalue weighted by molar-refractivity contribution is 0.180. The second-order valence-corrected chi connectivity index (χ2v) is 5.55. The van der Waals surface area contributed by atoms with Crippen LogP contribution in [-0.2, 0) is 0 Å². The summed E-state index contributed by atoms with van der Waals surface area (Å²) in [5.74, 6) is 0.722. The zero-order chi connectivity index (χ0) is 12.9. The van der Waals surface area contributed by atoms with E-state index in [9.17, 15) is 0 Å². The molecule has 96 valence electrons. The molecule has 0 aliphatic heterocycles. The lowest BCUT2D eigenvalue weighted by Crippen LogP contribution is -2.42. The summed E-state index contributed by atoms with van der Waals surface area (Å²) in [5.41, 5.74) is 0.101. The minimum Gasteiger partial charge on any atom is -0.487 e. The maximum Gasteiger partial charge on any atom is 0.139 e. The fourth-order valence-electron chi connectivity index (χ4n) is 1.34. The Kier molecular flexibility index (Phi) is 5.22. The molecule has 1 heterocycles. The normalized spacial score (nSPS) is 13.5. The Morgan fingerprint density at radius 2 is 2.12 bits per heavy atom. The van der Waals surface area contributed by atoms with E-state index < -0.39 is 0 Å². The molecule has 1 aromatic heterocycles. The molecule has 0 fully saturated rings. The number of ether oxygens (including phenoxy) is 1. The number of nitrogens with one attached hydrogen (secondary N) is 1. The zero-order valence-electron chi connectivity index (χ0n) is 11.0. The SMILES string of the molecule is CCC(CNC(C)(C)C)Oc1cncc(Cl)c1. The van der Waals surface area contributed by atoms with Crippen LogP contribution in [0.3, 0.4) is 0 Å². The van der Waals surface area contributed by atoms with Crippen LogP contribution in [0.2, 0.25) is 5.02 Å². The number of halogens is 1. The van der Waals surface area contributed by atoms with Crippen LogP contribution in [-0.4, -0.2) is 23.2 Å². The highest BCUT2D eigenvalue weighted by Gasteiger charge is 2.14. The van der Waals surface area contributed by atoms with Crippen LogP contribution >= 0.6 is 11.6 Å². The predicted octanol–water partition coefficient (Wildman–Crippen LogP) is 3.28. The maximum atomic E-state index is 5.86. The number of rotatable bonds is 5. The van der Waals surface area contributed by atoms with E-state index in [-0.39, 0.29) is 11.6 Å². The van der Waals surface area contributed by atoms with E-state index in [0.29, 0.717) is 5.02 Å². The smallest absolute Gasteiger partial charge is 0.139 e. The van der Waals surface area contributed by atoms with Crippen molar-refractivity contribution < 1.29 is 4.74 Å². The standard InChI is InChI=1S/C13H21ClN2O/c1-5-11(9-16-13(2,3)4)17-12-6-10(14)7-15-8-12/h6-8,11,16H,5,9H2,1-4H3. The molecule has 0 saturated carbocycles. The molecule has 0 radical (unpaired) electrons. The summed E-state index contributed by atoms with van der Waals surface area (Å²) >= 11 is 5.86. The quantitative estimate of drug-likeness (QED) is 0.878. The summed E-state index contributed by atoms with van der Waals surface area (Å²) in [5, 5.41) is 4.03. The summed E-state index contributed by atoms with van der Waals surface area (Å²) in [6.45, 7) is 9.33. The van der Waals surface area contributed by atoms with Crippen molar-refractivity contribution in [2.45, 2.75) is 45.8 Å². The van der Waals surface area contributed by atoms with Crippen LogP contribution in [0.1, 0.15) is 34.1 Å². The Morgan fingerprint density at radius 1 is 1.41 bits per heavy atom. The number of nitrogens with zero attached hydrogens (tertiary/aromatic N) is 1. The third kappa shape index (κ3) is 5.89. The summed E-state index contributed by atoms with van der Waals surface area (Å²) in [6, 6.07) is 1.79. The molecule has 0 spiro atoms. The van der Waals surface area contributed by atoms with Gasteiger partial charge in [-0.2, -0.15) is 0 Å². The van der Waals surface area contributed by atoms with Crippen molar-refractivity contribution in [3.05, 3.63) is 23.5 Å². The minimum absolute atomic E-state index is 0.101. The Labute approximate surface area is 109 Å². The first-order chi connectivity index (χ1) is 7.90. The first kappa shape index (κ1) is 14.3. The van der Waals surface area contributed by atoms with E-state index in [1.807, 2.05) is 0 Å². The van der Waals surface area contributed by atoms with Gasteiger partial charge in [0.1, 0.15) is 11.9 Å². The van der Waals surface area contributed by atoms with E-state index >= 15 is 0 Å². The molecule has 0 aliphatic carbocycles. The van der Waals surface area contributed by atoms with Gasteiger partial charge in [0, 0.05) is 24.3 Å². The second kappa shape index (κ2) is 6.22. The summed E-state index contributed by atoms with van der Waals surface area (Å²) in [7, 11) is 0. The summed E-state index contributed by atoms with van der Waals surface area (Å²) < 4.78 is 5.83. The molecule has 1 N–H and O–H groups in total. The van der Waals surface area contributed by atoms with Gasteiger partial charge in [-0.1, -0.05) is 18.5 Å². The zero-order valence-corrected chi connectivity index (χ0v) is 11.7. The first-order valence-electron chi connectivity index (χ1n) is 5.93. The van der Waals surface area contributed by atoms with Gasteiger partial charge in [-0.3, -0.25) is 4.98 Å². The molecule has 0 aromatic carbocycles. The van der Waals surface area contributed by atoms with Gasteiger partial charge in [0.2, 0.25) is 0 Å². The van der Waals surface area contributed by atoms with Crippen molar-refractivity contribution >= 4 is 11.6 Å². The highest BCUT2D eigenvalue weighted by atomic mass is 35.5. The number of pyridine rings is 1. The summed E-state index contributed by atoms with van der Waals surface area (Å²) in [4.78, 5) is 4.00. The Balaban J connectivity index is 2.52. The number of hydrogen-bond donors (Lipinski definition) is 1. The van der Waals surface area contributed by atoms with E-state index in [1.54, 1.807) is 18.5 Å². The van der Waals surface area contributed by atoms with Crippen molar-refractivity contribution in [2.24, 2.45) is 0 Å². The van der Waals surface area contributed by atoms with Gasteiger partial charge >= 0.3 is 0 Å². The van der Waals surface area contributed by atoms with E-state index in [0.717, 1.165) is 18.7 Å². The van der Waals surface area contributed by atoms with Crippen molar-refractivity contribution in [1.29, 1.82) is 0 Å². The molecule has 0 amide bonds. The maximum absolute atomic E-state index is 5.86. The molecule has 1 aromatic rings. The average Bonchev–Trinajstić information content (AvgIpc) is 2.23. The van der Waals surface area contributed by atoms with Gasteiger partial charge in [-0.25, -0.2) is 0 Å². The Morgan fingerprint density at radius 3 is 2.65 bits per heavy atom. The van der Waals surface area contributed by atoms with Crippen molar-refractivity contribution in [3.63, 3.8) is 0 Å². The third-order valence-electron chi connectivity index (χ3n) is 2.30. The number of aromatic nitrogens is 1. The van der Waals surface area contributed by atoms with Crippen LogP contribution in [0.15, 0.2) is 18.5 Å². The van der Waals surface area contributed by atoms with Crippen LogP contribution < -0.4 is 10.1 Å². The topological polar surface area (TPSA) is 34.1 Å². The van der Waals surface area contributed by atoms with Gasteiger partial charge in [-0.15, -0.1) is 0 Å². The largest absolute Gasteiger partial charge is 0.487 e.